The van der Waals surface area contributed by atoms with Crippen LogP contribution in [0.5, 0.6) is 0 Å². The van der Waals surface area contributed by atoms with Crippen molar-refractivity contribution < 1.29 is 31.9 Å². The minimum Gasteiger partial charge on any atom is -0.462 e. The van der Waals surface area contributed by atoms with Gasteiger partial charge in [0.25, 0.3) is 5.91 Å². The lowest BCUT2D eigenvalue weighted by Gasteiger charge is -2.13. The minimum absolute atomic E-state index is 0.00170. The Morgan fingerprint density at radius 2 is 2.03 bits per heavy atom. The summed E-state index contributed by atoms with van der Waals surface area (Å²) in [5.74, 6) is -1.58. The lowest BCUT2D eigenvalue weighted by Crippen LogP contribution is -2.18. The summed E-state index contributed by atoms with van der Waals surface area (Å²) in [6.07, 6.45) is -2.70. The van der Waals surface area contributed by atoms with Crippen LogP contribution in [0, 0.1) is 6.92 Å². The maximum atomic E-state index is 13.6. The van der Waals surface area contributed by atoms with Crippen LogP contribution in [0.4, 0.5) is 18.9 Å². The number of aromatic nitrogens is 2. The molecule has 10 heteroatoms. The third kappa shape index (κ3) is 4.15. The van der Waals surface area contributed by atoms with Crippen LogP contribution >= 0.6 is 0 Å². The Balaban J connectivity index is 1.97. The number of rotatable bonds is 5. The predicted octanol–water partition coefficient (Wildman–Crippen LogP) is 4.22. The highest BCUT2D eigenvalue weighted by Gasteiger charge is 2.41. The number of carbonyl (C=O) groups is 2. The van der Waals surface area contributed by atoms with E-state index in [1.54, 1.807) is 13.0 Å². The summed E-state index contributed by atoms with van der Waals surface area (Å²) in [5, 5.41) is 6.26. The van der Waals surface area contributed by atoms with Gasteiger partial charge in [0.15, 0.2) is 11.5 Å². The fraction of sp³-hybridized carbons (Fsp3) is 0.211. The summed E-state index contributed by atoms with van der Waals surface area (Å²) in [4.78, 5) is 24.2. The number of carbonyl (C=O) groups excluding carboxylic acids is 2. The van der Waals surface area contributed by atoms with Crippen LogP contribution in [-0.2, 0) is 10.9 Å². The molecule has 0 unspecified atom stereocenters. The van der Waals surface area contributed by atoms with Crippen molar-refractivity contribution in [2.75, 3.05) is 11.9 Å². The standard InChI is InChI=1S/C19H16F3N3O4/c1-3-28-18(27)14-10-23-25(16(14)19(20,21)22)13-6-4-5-12(9-13)24-17(26)15-11(2)7-8-29-15/h4-10H,3H2,1-2H3,(H,24,26). The van der Waals surface area contributed by atoms with Crippen molar-refractivity contribution in [1.82, 2.24) is 9.78 Å². The first-order valence-corrected chi connectivity index (χ1v) is 8.50. The molecule has 1 amide bonds. The first-order chi connectivity index (χ1) is 13.7. The summed E-state index contributed by atoms with van der Waals surface area (Å²) in [5.41, 5.74) is -1.11. The van der Waals surface area contributed by atoms with Gasteiger partial charge in [0.2, 0.25) is 0 Å². The van der Waals surface area contributed by atoms with Gasteiger partial charge < -0.3 is 14.5 Å². The molecule has 0 atom stereocenters. The largest absolute Gasteiger partial charge is 0.462 e. The van der Waals surface area contributed by atoms with Crippen LogP contribution < -0.4 is 5.32 Å². The zero-order chi connectivity index (χ0) is 21.2. The van der Waals surface area contributed by atoms with Crippen LogP contribution in [-0.4, -0.2) is 28.3 Å². The highest BCUT2D eigenvalue weighted by atomic mass is 19.4. The minimum atomic E-state index is -4.86. The fourth-order valence-corrected chi connectivity index (χ4v) is 2.68. The smallest absolute Gasteiger partial charge is 0.434 e. The van der Waals surface area contributed by atoms with Gasteiger partial charge in [-0.3, -0.25) is 4.79 Å². The maximum Gasteiger partial charge on any atom is 0.434 e. The van der Waals surface area contributed by atoms with Crippen LogP contribution in [0.2, 0.25) is 0 Å². The second kappa shape index (κ2) is 7.82. The van der Waals surface area contributed by atoms with E-state index in [9.17, 15) is 22.8 Å². The van der Waals surface area contributed by atoms with Gasteiger partial charge in [-0.25, -0.2) is 9.48 Å². The second-order valence-electron chi connectivity index (χ2n) is 5.97. The van der Waals surface area contributed by atoms with Crippen molar-refractivity contribution in [1.29, 1.82) is 0 Å². The van der Waals surface area contributed by atoms with Gasteiger partial charge in [-0.2, -0.15) is 18.3 Å². The van der Waals surface area contributed by atoms with E-state index in [0.29, 0.717) is 10.2 Å². The van der Waals surface area contributed by atoms with Crippen LogP contribution in [0.3, 0.4) is 0 Å². The number of esters is 1. The maximum absolute atomic E-state index is 13.6. The van der Waals surface area contributed by atoms with Gasteiger partial charge in [-0.1, -0.05) is 6.07 Å². The van der Waals surface area contributed by atoms with Crippen molar-refractivity contribution in [3.05, 3.63) is 65.4 Å². The lowest BCUT2D eigenvalue weighted by atomic mass is 10.2. The van der Waals surface area contributed by atoms with E-state index in [1.165, 1.54) is 37.5 Å². The summed E-state index contributed by atoms with van der Waals surface area (Å²) >= 11 is 0. The van der Waals surface area contributed by atoms with E-state index in [1.807, 2.05) is 0 Å². The molecule has 0 aliphatic rings. The highest BCUT2D eigenvalue weighted by molar-refractivity contribution is 6.03. The third-order valence-corrected chi connectivity index (χ3v) is 3.95. The van der Waals surface area contributed by atoms with Crippen LogP contribution in [0.25, 0.3) is 5.69 Å². The van der Waals surface area contributed by atoms with E-state index in [4.69, 9.17) is 4.42 Å². The average Bonchev–Trinajstić information content (AvgIpc) is 3.28. The molecule has 3 aromatic rings. The SMILES string of the molecule is CCOC(=O)c1cnn(-c2cccc(NC(=O)c3occc3C)c2)c1C(F)(F)F. The normalized spacial score (nSPS) is 11.3. The monoisotopic (exact) mass is 407 g/mol. The number of benzene rings is 1. The quantitative estimate of drug-likeness (QED) is 0.640. The number of nitrogens with zero attached hydrogens (tertiary/aromatic N) is 2. The van der Waals surface area contributed by atoms with Crippen LogP contribution in [0.15, 0.2) is 47.2 Å². The fourth-order valence-electron chi connectivity index (χ4n) is 2.68. The molecule has 1 aromatic carbocycles. The molecule has 0 saturated carbocycles. The number of halogens is 3. The molecule has 7 nitrogen and oxygen atoms in total. The molecule has 3 rings (SSSR count). The number of nitrogens with one attached hydrogen (secondary N) is 1. The van der Waals surface area contributed by atoms with Crippen LogP contribution in [0.1, 0.15) is 39.1 Å². The molecule has 0 saturated heterocycles. The number of furan rings is 1. The van der Waals surface area contributed by atoms with Crippen molar-refractivity contribution in [3.8, 4) is 5.69 Å². The molecule has 2 heterocycles. The van der Waals surface area contributed by atoms with Gasteiger partial charge in [-0.05, 0) is 38.1 Å². The molecular weight excluding hydrogens is 391 g/mol. The Kier molecular flexibility index (Phi) is 5.44. The number of hydrogen-bond donors (Lipinski definition) is 1. The first kappa shape index (κ1) is 20.2. The summed E-state index contributed by atoms with van der Waals surface area (Å²) in [7, 11) is 0. The molecule has 0 bridgehead atoms. The van der Waals surface area contributed by atoms with E-state index in [-0.39, 0.29) is 23.7 Å². The van der Waals surface area contributed by atoms with E-state index >= 15 is 0 Å². The van der Waals surface area contributed by atoms with Gasteiger partial charge in [0, 0.05) is 11.3 Å². The average molecular weight is 407 g/mol. The Hall–Kier alpha value is -3.56. The van der Waals surface area contributed by atoms with E-state index < -0.39 is 29.3 Å². The predicted molar refractivity (Wildman–Crippen MR) is 95.9 cm³/mol. The zero-order valence-corrected chi connectivity index (χ0v) is 15.4. The number of ether oxygens (including phenoxy) is 1. The summed E-state index contributed by atoms with van der Waals surface area (Å²) < 4.78 is 51.2. The molecule has 29 heavy (non-hydrogen) atoms. The molecule has 0 spiro atoms. The zero-order valence-electron chi connectivity index (χ0n) is 15.4. The number of amides is 1. The molecule has 2 aromatic heterocycles. The Labute approximate surface area is 163 Å². The second-order valence-corrected chi connectivity index (χ2v) is 5.97. The van der Waals surface area contributed by atoms with Crippen molar-refractivity contribution in [3.63, 3.8) is 0 Å². The summed E-state index contributed by atoms with van der Waals surface area (Å²) in [6.45, 7) is 3.10. The molecule has 0 aliphatic heterocycles. The lowest BCUT2D eigenvalue weighted by molar-refractivity contribution is -0.143. The number of hydrogen-bond acceptors (Lipinski definition) is 5. The van der Waals surface area contributed by atoms with E-state index in [2.05, 4.69) is 15.2 Å². The van der Waals surface area contributed by atoms with Gasteiger partial charge in [0.05, 0.1) is 24.8 Å². The molecule has 1 N–H and O–H groups in total. The Bertz CT molecular complexity index is 1050. The molecule has 0 radical (unpaired) electrons. The van der Waals surface area contributed by atoms with Gasteiger partial charge in [0.1, 0.15) is 5.56 Å². The molecule has 0 aliphatic carbocycles. The molecular formula is C19H16F3N3O4. The third-order valence-electron chi connectivity index (χ3n) is 3.95. The van der Waals surface area contributed by atoms with E-state index in [0.717, 1.165) is 6.20 Å². The van der Waals surface area contributed by atoms with Gasteiger partial charge in [-0.15, -0.1) is 0 Å². The Morgan fingerprint density at radius 1 is 1.28 bits per heavy atom. The molecule has 152 valence electrons. The van der Waals surface area contributed by atoms with Gasteiger partial charge >= 0.3 is 12.1 Å². The highest BCUT2D eigenvalue weighted by Crippen LogP contribution is 2.34. The topological polar surface area (TPSA) is 86.4 Å². The van der Waals surface area contributed by atoms with Crippen molar-refractivity contribution in [2.24, 2.45) is 0 Å². The number of alkyl halides is 3. The number of anilines is 1. The van der Waals surface area contributed by atoms with Crippen molar-refractivity contribution >= 4 is 17.6 Å². The molecule has 0 fully saturated rings. The Morgan fingerprint density at radius 3 is 2.66 bits per heavy atom. The summed E-state index contributed by atoms with van der Waals surface area (Å²) in [6, 6.07) is 7.23. The number of aryl methyl sites for hydroxylation is 1. The first-order valence-electron chi connectivity index (χ1n) is 8.50. The van der Waals surface area contributed by atoms with Crippen molar-refractivity contribution in [2.45, 2.75) is 20.0 Å².